The molecule has 0 spiro atoms. The third kappa shape index (κ3) is 4.30. The van der Waals surface area contributed by atoms with Crippen LogP contribution >= 0.6 is 0 Å². The molecule has 0 radical (unpaired) electrons. The lowest BCUT2D eigenvalue weighted by atomic mass is 9.90. The highest BCUT2D eigenvalue weighted by atomic mass is 32.2. The maximum Gasteiger partial charge on any atom is 0.262 e. The van der Waals surface area contributed by atoms with Crippen molar-refractivity contribution in [1.29, 1.82) is 0 Å². The number of nitrogens with one attached hydrogen (secondary N) is 1. The highest BCUT2D eigenvalue weighted by molar-refractivity contribution is 7.89. The number of imidazole rings is 1. The zero-order valence-electron chi connectivity index (χ0n) is 18.1. The molecule has 1 aliphatic carbocycles. The fraction of sp³-hybridized carbons (Fsp3) is 0.0833. The Morgan fingerprint density at radius 3 is 2.38 bits per heavy atom. The summed E-state index contributed by atoms with van der Waals surface area (Å²) in [5.74, 6) is -1.54. The first-order valence-electron chi connectivity index (χ1n) is 10.2. The number of ketones is 2. The van der Waals surface area contributed by atoms with Gasteiger partial charge in [-0.05, 0) is 37.1 Å². The summed E-state index contributed by atoms with van der Waals surface area (Å²) in [7, 11) is -4.25. The number of rotatable bonds is 7. The number of nitrogens with zero attached hydrogens (tertiary/aromatic N) is 3. The van der Waals surface area contributed by atoms with E-state index in [9.17, 15) is 23.1 Å². The van der Waals surface area contributed by atoms with E-state index in [2.05, 4.69) is 16.3 Å². The molecule has 1 N–H and O–H groups in total. The van der Waals surface area contributed by atoms with E-state index in [1.165, 1.54) is 47.9 Å². The van der Waals surface area contributed by atoms with Gasteiger partial charge in [-0.3, -0.25) is 19.3 Å². The third-order valence-corrected chi connectivity index (χ3v) is 6.42. The first-order chi connectivity index (χ1) is 16.2. The predicted octanol–water partition coefficient (Wildman–Crippen LogP) is 1.60. The summed E-state index contributed by atoms with van der Waals surface area (Å²) in [4.78, 5) is 30.3. The molecular weight excluding hydrogens is 456 g/mol. The van der Waals surface area contributed by atoms with Crippen molar-refractivity contribution in [2.75, 3.05) is 0 Å². The molecule has 1 heterocycles. The van der Waals surface area contributed by atoms with Gasteiger partial charge in [0.1, 0.15) is 24.6 Å². The van der Waals surface area contributed by atoms with Crippen LogP contribution in [-0.4, -0.2) is 30.4 Å². The molecular formula is C24H20N4O5S. The van der Waals surface area contributed by atoms with Crippen LogP contribution in [0.2, 0.25) is 0 Å². The van der Waals surface area contributed by atoms with Crippen molar-refractivity contribution in [3.8, 4) is 0 Å². The van der Waals surface area contributed by atoms with E-state index in [-0.39, 0.29) is 27.4 Å². The average molecular weight is 477 g/mol. The fourth-order valence-electron chi connectivity index (χ4n) is 3.56. The van der Waals surface area contributed by atoms with Gasteiger partial charge in [0.15, 0.2) is 0 Å². The second-order valence-corrected chi connectivity index (χ2v) is 9.15. The summed E-state index contributed by atoms with van der Waals surface area (Å²) in [5, 5.41) is 11.2. The summed E-state index contributed by atoms with van der Waals surface area (Å²) in [6.45, 7) is 5.41. The SMILES string of the molecule is C=CC[n+]1ccn(C2=C(NS(=O)(=O)c3ccc(N=C(C)[O-])cc3)C(=O)c3ccccc3C2=O)c1. The Hall–Kier alpha value is -4.31. The number of carbonyl (C=O) groups is 2. The zero-order valence-corrected chi connectivity index (χ0v) is 19.0. The highest BCUT2D eigenvalue weighted by Gasteiger charge is 2.38. The van der Waals surface area contributed by atoms with E-state index in [0.29, 0.717) is 12.2 Å². The smallest absolute Gasteiger partial charge is 0.262 e. The lowest BCUT2D eigenvalue weighted by Gasteiger charge is -2.19. The highest BCUT2D eigenvalue weighted by Crippen LogP contribution is 2.29. The summed E-state index contributed by atoms with van der Waals surface area (Å²) in [6.07, 6.45) is 6.47. The molecule has 0 atom stereocenters. The second-order valence-electron chi connectivity index (χ2n) is 7.46. The lowest BCUT2D eigenvalue weighted by molar-refractivity contribution is -0.686. The summed E-state index contributed by atoms with van der Waals surface area (Å²) in [6, 6.07) is 11.5. The Kier molecular flexibility index (Phi) is 5.99. The Labute approximate surface area is 196 Å². The lowest BCUT2D eigenvalue weighted by Crippen LogP contribution is -2.35. The molecule has 1 aliphatic rings. The molecule has 0 saturated heterocycles. The molecule has 10 heteroatoms. The second kappa shape index (κ2) is 8.91. The molecule has 1 aromatic heterocycles. The molecule has 0 saturated carbocycles. The van der Waals surface area contributed by atoms with E-state index < -0.39 is 27.5 Å². The van der Waals surface area contributed by atoms with Gasteiger partial charge >= 0.3 is 0 Å². The van der Waals surface area contributed by atoms with Crippen LogP contribution in [0.3, 0.4) is 0 Å². The number of benzene rings is 2. The van der Waals surface area contributed by atoms with Crippen LogP contribution in [0.25, 0.3) is 5.70 Å². The van der Waals surface area contributed by atoms with Gasteiger partial charge in [0.05, 0.1) is 10.6 Å². The van der Waals surface area contributed by atoms with Gasteiger partial charge in [-0.2, -0.15) is 4.57 Å². The Bertz CT molecular complexity index is 1480. The van der Waals surface area contributed by atoms with Crippen molar-refractivity contribution in [2.24, 2.45) is 4.99 Å². The van der Waals surface area contributed by atoms with Gasteiger partial charge < -0.3 is 5.11 Å². The molecule has 2 aromatic carbocycles. The average Bonchev–Trinajstić information content (AvgIpc) is 3.25. The summed E-state index contributed by atoms with van der Waals surface area (Å²) >= 11 is 0. The molecule has 0 fully saturated rings. The minimum atomic E-state index is -4.25. The number of hydrogen-bond acceptors (Lipinski definition) is 6. The van der Waals surface area contributed by atoms with Crippen LogP contribution in [0.5, 0.6) is 0 Å². The van der Waals surface area contributed by atoms with Gasteiger partial charge in [-0.15, -0.1) is 0 Å². The number of aliphatic imine (C=N–C) groups is 1. The molecule has 4 rings (SSSR count). The molecule has 0 aliphatic heterocycles. The largest absolute Gasteiger partial charge is 0.862 e. The number of allylic oxidation sites excluding steroid dienone is 3. The topological polar surface area (TPSA) is 125 Å². The van der Waals surface area contributed by atoms with Gasteiger partial charge in [0.2, 0.25) is 23.6 Å². The molecule has 0 bridgehead atoms. The number of hydrogen-bond donors (Lipinski definition) is 1. The number of carbonyl (C=O) groups excluding carboxylic acids is 2. The van der Waals surface area contributed by atoms with E-state index in [1.54, 1.807) is 41.5 Å². The van der Waals surface area contributed by atoms with Crippen LogP contribution < -0.4 is 14.4 Å². The van der Waals surface area contributed by atoms with Crippen molar-refractivity contribution < 1.29 is 27.7 Å². The maximum absolute atomic E-state index is 13.4. The van der Waals surface area contributed by atoms with Crippen LogP contribution in [0.4, 0.5) is 5.69 Å². The van der Waals surface area contributed by atoms with Crippen LogP contribution in [0.1, 0.15) is 27.6 Å². The number of aromatic nitrogens is 2. The number of fused-ring (bicyclic) bond motifs is 1. The van der Waals surface area contributed by atoms with E-state index in [1.807, 2.05) is 0 Å². The summed E-state index contributed by atoms with van der Waals surface area (Å²) in [5.41, 5.74) is 0.115. The van der Waals surface area contributed by atoms with Crippen molar-refractivity contribution in [2.45, 2.75) is 18.4 Å². The molecule has 0 amide bonds. The van der Waals surface area contributed by atoms with Crippen molar-refractivity contribution in [3.63, 3.8) is 0 Å². The maximum atomic E-state index is 13.4. The quantitative estimate of drug-likeness (QED) is 0.240. The van der Waals surface area contributed by atoms with Crippen molar-refractivity contribution in [3.05, 3.63) is 96.7 Å². The van der Waals surface area contributed by atoms with E-state index >= 15 is 0 Å². The molecule has 172 valence electrons. The van der Waals surface area contributed by atoms with Gasteiger partial charge in [-0.25, -0.2) is 13.0 Å². The Balaban J connectivity index is 1.82. The molecule has 9 nitrogen and oxygen atoms in total. The first-order valence-corrected chi connectivity index (χ1v) is 11.7. The van der Waals surface area contributed by atoms with Gasteiger partial charge in [0, 0.05) is 11.1 Å². The molecule has 0 unspecified atom stereocenters. The van der Waals surface area contributed by atoms with Crippen LogP contribution in [0, 0.1) is 0 Å². The monoisotopic (exact) mass is 476 g/mol. The van der Waals surface area contributed by atoms with Crippen molar-refractivity contribution in [1.82, 2.24) is 9.29 Å². The predicted molar refractivity (Wildman–Crippen MR) is 123 cm³/mol. The third-order valence-electron chi connectivity index (χ3n) is 5.05. The Morgan fingerprint density at radius 2 is 1.76 bits per heavy atom. The van der Waals surface area contributed by atoms with Crippen LogP contribution in [-0.2, 0) is 16.6 Å². The van der Waals surface area contributed by atoms with E-state index in [0.717, 1.165) is 0 Å². The summed E-state index contributed by atoms with van der Waals surface area (Å²) < 4.78 is 31.7. The van der Waals surface area contributed by atoms with Crippen LogP contribution in [0.15, 0.2) is 95.5 Å². The Morgan fingerprint density at radius 1 is 1.12 bits per heavy atom. The normalized spacial score (nSPS) is 14.2. The first kappa shape index (κ1) is 22.9. The minimum absolute atomic E-state index is 0.107. The molecule has 34 heavy (non-hydrogen) atoms. The van der Waals surface area contributed by atoms with Crippen molar-refractivity contribution >= 4 is 38.9 Å². The number of sulfonamides is 1. The molecule has 3 aromatic rings. The number of Topliss-reactive ketones (excluding diaryl/α,β-unsaturated/α-hetero) is 2. The van der Waals surface area contributed by atoms with Gasteiger partial charge in [-0.1, -0.05) is 36.9 Å². The fourth-order valence-corrected chi connectivity index (χ4v) is 4.63. The van der Waals surface area contributed by atoms with Gasteiger partial charge in [0.25, 0.3) is 10.0 Å². The van der Waals surface area contributed by atoms with E-state index in [4.69, 9.17) is 0 Å². The zero-order chi connectivity index (χ0) is 24.5. The standard InChI is InChI=1S/C24H20N4O5S/c1-3-12-27-13-14-28(15-27)22-21(23(30)19-6-4-5-7-20(19)24(22)31)26-34(32,33)18-10-8-17(9-11-18)25-16(2)29/h3-11,13-15H,1,12H2,2H3,(H-,25,26,29,31). The minimum Gasteiger partial charge on any atom is -0.862 e.